The molecule has 1 spiro atoms. The van der Waals surface area contributed by atoms with Gasteiger partial charge in [0.05, 0.1) is 5.56 Å². The molecule has 26 heavy (non-hydrogen) atoms. The van der Waals surface area contributed by atoms with Crippen molar-refractivity contribution in [3.8, 4) is 0 Å². The number of pyridine rings is 1. The number of nitrogens with zero attached hydrogens (tertiary/aromatic N) is 2. The molecule has 2 bridgehead atoms. The molecule has 0 radical (unpaired) electrons. The number of amides is 2. The molecule has 6 nitrogen and oxygen atoms in total. The number of anilines is 1. The van der Waals surface area contributed by atoms with E-state index in [1.165, 1.54) is 0 Å². The van der Waals surface area contributed by atoms with Crippen LogP contribution in [-0.4, -0.2) is 40.5 Å². The van der Waals surface area contributed by atoms with E-state index in [0.717, 1.165) is 51.6 Å². The fourth-order valence-corrected chi connectivity index (χ4v) is 5.86. The Morgan fingerprint density at radius 3 is 2.88 bits per heavy atom. The molecule has 2 N–H and O–H groups in total. The largest absolute Gasteiger partial charge is 0.347 e. The van der Waals surface area contributed by atoms with Gasteiger partial charge in [-0.25, -0.2) is 4.98 Å². The predicted molar refractivity (Wildman–Crippen MR) is 97.4 cm³/mol. The minimum atomic E-state index is -0.465. The van der Waals surface area contributed by atoms with Crippen molar-refractivity contribution in [3.63, 3.8) is 0 Å². The third-order valence-corrected chi connectivity index (χ3v) is 7.25. The molecule has 1 aromatic heterocycles. The SMILES string of the molecule is C[C@@]12CC[C@@H](C[C@@H]1C(=O)N1CCCC1)[C@]1(C2)NC(=O)c2cccnc2N1. The van der Waals surface area contributed by atoms with E-state index in [1.807, 2.05) is 0 Å². The van der Waals surface area contributed by atoms with Crippen LogP contribution in [0.1, 0.15) is 55.8 Å². The smallest absolute Gasteiger partial charge is 0.256 e. The minimum Gasteiger partial charge on any atom is -0.347 e. The highest BCUT2D eigenvalue weighted by molar-refractivity contribution is 6.01. The molecule has 1 saturated heterocycles. The second-order valence-electron chi connectivity index (χ2n) is 8.84. The van der Waals surface area contributed by atoms with Gasteiger partial charge >= 0.3 is 0 Å². The summed E-state index contributed by atoms with van der Waals surface area (Å²) < 4.78 is 0. The molecule has 3 heterocycles. The Kier molecular flexibility index (Phi) is 3.37. The summed E-state index contributed by atoms with van der Waals surface area (Å²) in [6, 6.07) is 3.59. The molecule has 3 aliphatic carbocycles. The molecular formula is C20H26N4O2. The van der Waals surface area contributed by atoms with Crippen LogP contribution in [0.2, 0.25) is 0 Å². The number of nitrogens with one attached hydrogen (secondary N) is 2. The van der Waals surface area contributed by atoms with Crippen LogP contribution in [0.4, 0.5) is 5.82 Å². The Hall–Kier alpha value is -2.11. The number of carbonyl (C=O) groups is 2. The summed E-state index contributed by atoms with van der Waals surface area (Å²) >= 11 is 0. The quantitative estimate of drug-likeness (QED) is 0.812. The Labute approximate surface area is 153 Å². The summed E-state index contributed by atoms with van der Waals surface area (Å²) in [7, 11) is 0. The van der Waals surface area contributed by atoms with E-state index < -0.39 is 5.66 Å². The maximum atomic E-state index is 13.1. The Morgan fingerprint density at radius 2 is 2.12 bits per heavy atom. The maximum Gasteiger partial charge on any atom is 0.256 e. The van der Waals surface area contributed by atoms with E-state index in [9.17, 15) is 9.59 Å². The van der Waals surface area contributed by atoms with Crippen molar-refractivity contribution >= 4 is 17.6 Å². The summed E-state index contributed by atoms with van der Waals surface area (Å²) in [4.78, 5) is 32.3. The van der Waals surface area contributed by atoms with E-state index in [4.69, 9.17) is 0 Å². The van der Waals surface area contributed by atoms with E-state index in [1.54, 1.807) is 18.3 Å². The van der Waals surface area contributed by atoms with Crippen molar-refractivity contribution in [2.75, 3.05) is 18.4 Å². The lowest BCUT2D eigenvalue weighted by Crippen LogP contribution is -2.70. The number of hydrogen-bond donors (Lipinski definition) is 2. The first kappa shape index (κ1) is 16.1. The molecule has 4 atom stereocenters. The lowest BCUT2D eigenvalue weighted by molar-refractivity contribution is -0.149. The van der Waals surface area contributed by atoms with Crippen molar-refractivity contribution in [1.29, 1.82) is 0 Å². The highest BCUT2D eigenvalue weighted by Gasteiger charge is 2.60. The van der Waals surface area contributed by atoms with Gasteiger partial charge < -0.3 is 15.5 Å². The van der Waals surface area contributed by atoms with E-state index in [-0.39, 0.29) is 23.2 Å². The van der Waals surface area contributed by atoms with Crippen LogP contribution in [0.3, 0.4) is 0 Å². The number of rotatable bonds is 1. The molecule has 138 valence electrons. The molecular weight excluding hydrogens is 328 g/mol. The Bertz CT molecular complexity index is 775. The van der Waals surface area contributed by atoms with Crippen molar-refractivity contribution < 1.29 is 9.59 Å². The lowest BCUT2D eigenvalue weighted by Gasteiger charge is -2.60. The molecule has 6 rings (SSSR count). The van der Waals surface area contributed by atoms with Crippen LogP contribution in [0.5, 0.6) is 0 Å². The molecule has 2 aliphatic heterocycles. The van der Waals surface area contributed by atoms with Gasteiger partial charge in [0.1, 0.15) is 11.5 Å². The summed E-state index contributed by atoms with van der Waals surface area (Å²) in [5.74, 6) is 1.30. The summed E-state index contributed by atoms with van der Waals surface area (Å²) in [5, 5.41) is 6.82. The molecule has 4 fully saturated rings. The van der Waals surface area contributed by atoms with Crippen LogP contribution in [0.25, 0.3) is 0 Å². The average molecular weight is 354 g/mol. The van der Waals surface area contributed by atoms with Gasteiger partial charge in [-0.1, -0.05) is 6.92 Å². The fraction of sp³-hybridized carbons (Fsp3) is 0.650. The second kappa shape index (κ2) is 5.44. The number of hydrogen-bond acceptors (Lipinski definition) is 4. The number of aromatic nitrogens is 1. The summed E-state index contributed by atoms with van der Waals surface area (Å²) in [5.41, 5.74) is 0.0585. The van der Waals surface area contributed by atoms with Gasteiger partial charge in [0.15, 0.2) is 0 Å². The predicted octanol–water partition coefficient (Wildman–Crippen LogP) is 2.38. The summed E-state index contributed by atoms with van der Waals surface area (Å²) in [6.45, 7) is 4.06. The van der Waals surface area contributed by atoms with Crippen LogP contribution < -0.4 is 10.6 Å². The maximum absolute atomic E-state index is 13.1. The van der Waals surface area contributed by atoms with Crippen molar-refractivity contribution in [2.45, 2.75) is 51.1 Å². The zero-order valence-corrected chi connectivity index (χ0v) is 15.3. The third-order valence-electron chi connectivity index (χ3n) is 7.25. The van der Waals surface area contributed by atoms with Crippen molar-refractivity contribution in [2.24, 2.45) is 17.3 Å². The topological polar surface area (TPSA) is 74.3 Å². The highest BCUT2D eigenvalue weighted by Crippen LogP contribution is 2.58. The Morgan fingerprint density at radius 1 is 1.31 bits per heavy atom. The van der Waals surface area contributed by atoms with Gasteiger partial charge in [0, 0.05) is 31.1 Å². The van der Waals surface area contributed by atoms with Crippen LogP contribution in [-0.2, 0) is 4.79 Å². The zero-order valence-electron chi connectivity index (χ0n) is 15.3. The monoisotopic (exact) mass is 354 g/mol. The van der Waals surface area contributed by atoms with Crippen molar-refractivity contribution in [3.05, 3.63) is 23.9 Å². The van der Waals surface area contributed by atoms with Crippen molar-refractivity contribution in [1.82, 2.24) is 15.2 Å². The molecule has 0 unspecified atom stereocenters. The standard InChI is InChI=1S/C20H26N4O2/c1-19-7-6-13(11-15(19)18(26)24-9-2-3-10-24)20(12-19)22-16-14(17(25)23-20)5-4-8-21-16/h4-5,8,13,15H,2-3,6-7,9-12H2,1H3,(H,21,22)(H,23,25)/t13-,15+,19-,20-/m0/s1. The zero-order chi connectivity index (χ0) is 17.9. The number of likely N-dealkylation sites (tertiary alicyclic amines) is 1. The third kappa shape index (κ3) is 2.20. The molecule has 3 saturated carbocycles. The fourth-order valence-electron chi connectivity index (χ4n) is 5.86. The number of fused-ring (bicyclic) bond motifs is 3. The summed E-state index contributed by atoms with van der Waals surface area (Å²) in [6.07, 6.45) is 7.70. The molecule has 5 aliphatic rings. The first-order chi connectivity index (χ1) is 12.5. The van der Waals surface area contributed by atoms with E-state index in [0.29, 0.717) is 17.3 Å². The first-order valence-corrected chi connectivity index (χ1v) is 9.85. The lowest BCUT2D eigenvalue weighted by atomic mass is 9.51. The van der Waals surface area contributed by atoms with Gasteiger partial charge in [0.2, 0.25) is 5.91 Å². The number of carbonyl (C=O) groups excluding carboxylic acids is 2. The average Bonchev–Trinajstić information content (AvgIpc) is 3.15. The van der Waals surface area contributed by atoms with Gasteiger partial charge in [0.25, 0.3) is 5.91 Å². The van der Waals surface area contributed by atoms with E-state index >= 15 is 0 Å². The second-order valence-corrected chi connectivity index (χ2v) is 8.84. The van der Waals surface area contributed by atoms with Crippen LogP contribution in [0, 0.1) is 17.3 Å². The first-order valence-electron chi connectivity index (χ1n) is 9.85. The van der Waals surface area contributed by atoms with Gasteiger partial charge in [-0.2, -0.15) is 0 Å². The van der Waals surface area contributed by atoms with Gasteiger partial charge in [-0.3, -0.25) is 9.59 Å². The molecule has 1 aromatic rings. The molecule has 6 heteroatoms. The van der Waals surface area contributed by atoms with Crippen LogP contribution >= 0.6 is 0 Å². The molecule has 0 aromatic carbocycles. The Balaban J connectivity index is 1.45. The molecule has 2 amide bonds. The highest BCUT2D eigenvalue weighted by atomic mass is 16.2. The van der Waals surface area contributed by atoms with E-state index in [2.05, 4.69) is 27.4 Å². The van der Waals surface area contributed by atoms with Gasteiger partial charge in [-0.15, -0.1) is 0 Å². The van der Waals surface area contributed by atoms with Crippen LogP contribution in [0.15, 0.2) is 18.3 Å². The van der Waals surface area contributed by atoms with Gasteiger partial charge in [-0.05, 0) is 56.1 Å². The normalized spacial score (nSPS) is 38.0. The minimum absolute atomic E-state index is 0.0505.